The Kier molecular flexibility index (Phi) is 5.65. The number of ether oxygens (including phenoxy) is 2. The molecule has 173 valence electrons. The topological polar surface area (TPSA) is 27.7 Å². The monoisotopic (exact) mass is 467 g/mol. The molecule has 5 rings (SSSR count). The van der Waals surface area contributed by atoms with E-state index in [-0.39, 0.29) is 5.04 Å². The molecule has 0 fully saturated rings. The number of hydrogen-bond donors (Lipinski definition) is 0. The Bertz CT molecular complexity index is 1380. The summed E-state index contributed by atoms with van der Waals surface area (Å²) in [5.41, 5.74) is 7.67. The summed E-state index contributed by atoms with van der Waals surface area (Å²) in [7, 11) is 2.44. The molecular weight excluding hydrogens is 436 g/mol. The molecule has 34 heavy (non-hydrogen) atoms. The maximum atomic E-state index is 6.47. The van der Waals surface area contributed by atoms with Gasteiger partial charge >= 0.3 is 0 Å². The molecule has 0 aromatic heterocycles. The van der Waals surface area contributed by atoms with E-state index < -0.39 is 9.04 Å². The van der Waals surface area contributed by atoms with Crippen molar-refractivity contribution < 1.29 is 13.9 Å². The van der Waals surface area contributed by atoms with Gasteiger partial charge in [0.1, 0.15) is 17.2 Å². The fourth-order valence-electron chi connectivity index (χ4n) is 4.64. The number of hydrogen-bond acceptors (Lipinski definition) is 3. The first kappa shape index (κ1) is 22.5. The van der Waals surface area contributed by atoms with E-state index in [2.05, 4.69) is 88.0 Å². The molecule has 1 aliphatic carbocycles. The van der Waals surface area contributed by atoms with Gasteiger partial charge in [-0.05, 0) is 105 Å². The summed E-state index contributed by atoms with van der Waals surface area (Å²) >= 11 is 0. The standard InChI is InChI=1S/C30H31O3Si/c1-30(2,3)34(6)33-24-9-7-8-20(14-24)29-26-18-23(32-5)11-10-19(26)16-27-25-13-12-22(31-4)15-21(25)17-28(27)29/h7-16,18H,17H2,1-6H3. The first-order chi connectivity index (χ1) is 16.3. The Morgan fingerprint density at radius 3 is 2.24 bits per heavy atom. The molecule has 4 aromatic rings. The van der Waals surface area contributed by atoms with Crippen LogP contribution in [-0.4, -0.2) is 23.3 Å². The van der Waals surface area contributed by atoms with Crippen LogP contribution in [0.3, 0.4) is 0 Å². The summed E-state index contributed by atoms with van der Waals surface area (Å²) in [5, 5.41) is 2.57. The molecular formula is C30H31O3Si. The van der Waals surface area contributed by atoms with Crippen molar-refractivity contribution in [3.63, 3.8) is 0 Å². The van der Waals surface area contributed by atoms with Gasteiger partial charge in [0.2, 0.25) is 0 Å². The van der Waals surface area contributed by atoms with E-state index in [1.165, 1.54) is 44.2 Å². The highest BCUT2D eigenvalue weighted by atomic mass is 28.3. The number of benzene rings is 4. The SMILES string of the molecule is COc1ccc2c(c1)Cc1c-2cc2ccc(OC)cc2c1-c1cccc(O[Si](C)C(C)(C)C)c1. The predicted octanol–water partition coefficient (Wildman–Crippen LogP) is 7.90. The molecule has 0 bridgehead atoms. The highest BCUT2D eigenvalue weighted by molar-refractivity contribution is 6.54. The molecule has 0 aliphatic heterocycles. The molecule has 0 unspecified atom stereocenters. The van der Waals surface area contributed by atoms with Crippen LogP contribution in [-0.2, 0) is 6.42 Å². The molecule has 0 spiro atoms. The normalized spacial score (nSPS) is 12.6. The smallest absolute Gasteiger partial charge is 0.283 e. The van der Waals surface area contributed by atoms with Crippen molar-refractivity contribution in [3.8, 4) is 39.5 Å². The van der Waals surface area contributed by atoms with Gasteiger partial charge in [0.25, 0.3) is 9.04 Å². The summed E-state index contributed by atoms with van der Waals surface area (Å²) in [6, 6.07) is 23.7. The van der Waals surface area contributed by atoms with Gasteiger partial charge < -0.3 is 13.9 Å². The molecule has 4 heteroatoms. The van der Waals surface area contributed by atoms with E-state index in [1.54, 1.807) is 14.2 Å². The van der Waals surface area contributed by atoms with E-state index in [0.29, 0.717) is 0 Å². The quantitative estimate of drug-likeness (QED) is 0.246. The second kappa shape index (κ2) is 8.52. The van der Waals surface area contributed by atoms with Gasteiger partial charge in [-0.25, -0.2) is 0 Å². The minimum atomic E-state index is -1.00. The minimum Gasteiger partial charge on any atom is -0.542 e. The second-order valence-electron chi connectivity index (χ2n) is 10.0. The summed E-state index contributed by atoms with van der Waals surface area (Å²) < 4.78 is 17.6. The maximum absolute atomic E-state index is 6.47. The molecule has 0 atom stereocenters. The summed E-state index contributed by atoms with van der Waals surface area (Å²) in [6.07, 6.45) is 0.875. The Hall–Kier alpha value is -3.24. The molecule has 0 saturated carbocycles. The Morgan fingerprint density at radius 2 is 1.50 bits per heavy atom. The van der Waals surface area contributed by atoms with Crippen LogP contribution in [0.25, 0.3) is 33.0 Å². The zero-order valence-electron chi connectivity index (χ0n) is 20.8. The molecule has 4 aromatic carbocycles. The van der Waals surface area contributed by atoms with Crippen LogP contribution in [0.2, 0.25) is 11.6 Å². The largest absolute Gasteiger partial charge is 0.542 e. The van der Waals surface area contributed by atoms with E-state index in [1.807, 2.05) is 6.07 Å². The number of rotatable bonds is 5. The molecule has 0 amide bonds. The lowest BCUT2D eigenvalue weighted by atomic mass is 9.89. The zero-order chi connectivity index (χ0) is 24.0. The molecule has 0 saturated heterocycles. The van der Waals surface area contributed by atoms with Gasteiger partial charge in [-0.1, -0.05) is 45.0 Å². The van der Waals surface area contributed by atoms with Crippen molar-refractivity contribution in [3.05, 3.63) is 77.9 Å². The van der Waals surface area contributed by atoms with Crippen molar-refractivity contribution in [1.82, 2.24) is 0 Å². The van der Waals surface area contributed by atoms with Crippen molar-refractivity contribution in [2.45, 2.75) is 38.8 Å². The molecule has 1 aliphatic rings. The van der Waals surface area contributed by atoms with Crippen LogP contribution in [0, 0.1) is 0 Å². The molecule has 0 heterocycles. The summed E-state index contributed by atoms with van der Waals surface area (Å²) in [5.74, 6) is 2.70. The van der Waals surface area contributed by atoms with Crippen molar-refractivity contribution in [2.75, 3.05) is 14.2 Å². The lowest BCUT2D eigenvalue weighted by Crippen LogP contribution is -2.28. The second-order valence-corrected chi connectivity index (χ2v) is 12.8. The maximum Gasteiger partial charge on any atom is 0.283 e. The zero-order valence-corrected chi connectivity index (χ0v) is 21.8. The highest BCUT2D eigenvalue weighted by Crippen LogP contribution is 2.47. The average molecular weight is 468 g/mol. The van der Waals surface area contributed by atoms with Crippen molar-refractivity contribution in [1.29, 1.82) is 0 Å². The van der Waals surface area contributed by atoms with E-state index in [9.17, 15) is 0 Å². The van der Waals surface area contributed by atoms with Crippen LogP contribution < -0.4 is 13.9 Å². The van der Waals surface area contributed by atoms with Gasteiger partial charge in [0, 0.05) is 0 Å². The van der Waals surface area contributed by atoms with Crippen LogP contribution in [0.5, 0.6) is 17.2 Å². The Labute approximate surface area is 204 Å². The van der Waals surface area contributed by atoms with Gasteiger partial charge in [-0.15, -0.1) is 0 Å². The van der Waals surface area contributed by atoms with Crippen molar-refractivity contribution >= 4 is 19.8 Å². The van der Waals surface area contributed by atoms with Gasteiger partial charge in [0.05, 0.1) is 14.2 Å². The molecule has 3 nitrogen and oxygen atoms in total. The Balaban J connectivity index is 1.71. The minimum absolute atomic E-state index is 0.162. The van der Waals surface area contributed by atoms with Gasteiger partial charge in [-0.2, -0.15) is 0 Å². The van der Waals surface area contributed by atoms with Gasteiger partial charge in [0.15, 0.2) is 0 Å². The fraction of sp³-hybridized carbons (Fsp3) is 0.267. The third-order valence-electron chi connectivity index (χ3n) is 6.88. The van der Waals surface area contributed by atoms with Crippen LogP contribution in [0.1, 0.15) is 31.9 Å². The lowest BCUT2D eigenvalue weighted by Gasteiger charge is -2.25. The van der Waals surface area contributed by atoms with Crippen molar-refractivity contribution in [2.24, 2.45) is 0 Å². The summed E-state index contributed by atoms with van der Waals surface area (Å²) in [6.45, 7) is 8.99. The number of methoxy groups -OCH3 is 2. The van der Waals surface area contributed by atoms with E-state index in [0.717, 1.165) is 23.7 Å². The van der Waals surface area contributed by atoms with E-state index >= 15 is 0 Å². The molecule has 0 N–H and O–H groups in total. The Morgan fingerprint density at radius 1 is 0.765 bits per heavy atom. The first-order valence-electron chi connectivity index (χ1n) is 11.7. The third kappa shape index (κ3) is 3.96. The van der Waals surface area contributed by atoms with Crippen LogP contribution in [0.15, 0.2) is 66.7 Å². The average Bonchev–Trinajstić information content (AvgIpc) is 3.18. The predicted molar refractivity (Wildman–Crippen MR) is 143 cm³/mol. The first-order valence-corrected chi connectivity index (χ1v) is 13.6. The molecule has 1 radical (unpaired) electrons. The van der Waals surface area contributed by atoms with Crippen LogP contribution >= 0.6 is 0 Å². The van der Waals surface area contributed by atoms with Crippen LogP contribution in [0.4, 0.5) is 0 Å². The summed E-state index contributed by atoms with van der Waals surface area (Å²) in [4.78, 5) is 0. The fourth-order valence-corrected chi connectivity index (χ4v) is 5.43. The number of fused-ring (bicyclic) bond motifs is 4. The highest BCUT2D eigenvalue weighted by Gasteiger charge is 2.27. The van der Waals surface area contributed by atoms with E-state index in [4.69, 9.17) is 13.9 Å². The van der Waals surface area contributed by atoms with Gasteiger partial charge in [-0.3, -0.25) is 0 Å². The third-order valence-corrected chi connectivity index (χ3v) is 9.53. The lowest BCUT2D eigenvalue weighted by molar-refractivity contribution is 0.414.